The lowest BCUT2D eigenvalue weighted by molar-refractivity contribution is -0.128. The summed E-state index contributed by atoms with van der Waals surface area (Å²) in [7, 11) is 1.53. The Morgan fingerprint density at radius 2 is 2.03 bits per heavy atom. The predicted octanol–water partition coefficient (Wildman–Crippen LogP) is 3.12. The third-order valence-corrected chi connectivity index (χ3v) is 5.38. The molecule has 29 heavy (non-hydrogen) atoms. The maximum Gasteiger partial charge on any atom is 0.231 e. The molecular weight excluding hydrogens is 371 g/mol. The van der Waals surface area contributed by atoms with Crippen molar-refractivity contribution in [2.75, 3.05) is 7.05 Å². The van der Waals surface area contributed by atoms with Crippen molar-refractivity contribution in [3.05, 3.63) is 71.2 Å². The average Bonchev–Trinajstić information content (AvgIpc) is 3.12. The van der Waals surface area contributed by atoms with Gasteiger partial charge in [0.2, 0.25) is 5.91 Å². The number of carbonyl (C=O) groups is 2. The molecule has 1 atom stereocenters. The van der Waals surface area contributed by atoms with Crippen molar-refractivity contribution in [1.29, 1.82) is 0 Å². The van der Waals surface area contributed by atoms with Crippen LogP contribution < -0.4 is 5.73 Å². The van der Waals surface area contributed by atoms with Gasteiger partial charge in [-0.25, -0.2) is 9.38 Å². The van der Waals surface area contributed by atoms with Crippen molar-refractivity contribution in [2.24, 2.45) is 10.7 Å². The van der Waals surface area contributed by atoms with Crippen LogP contribution in [0.4, 0.5) is 4.39 Å². The molecule has 148 valence electrons. The molecule has 6 nitrogen and oxygen atoms in total. The van der Waals surface area contributed by atoms with Gasteiger partial charge in [-0.2, -0.15) is 0 Å². The number of nitrogens with one attached hydrogen (secondary N) is 1. The topological polar surface area (TPSA) is 91.5 Å². The largest absolute Gasteiger partial charge is 0.369 e. The number of aliphatic imine (C=N–C) groups is 1. The minimum atomic E-state index is -1.11. The molecule has 0 spiro atoms. The second-order valence-electron chi connectivity index (χ2n) is 7.56. The highest BCUT2D eigenvalue weighted by molar-refractivity contribution is 6.00. The van der Waals surface area contributed by atoms with Gasteiger partial charge in [0.15, 0.2) is 11.7 Å². The summed E-state index contributed by atoms with van der Waals surface area (Å²) in [6.07, 6.45) is 0.101. The van der Waals surface area contributed by atoms with E-state index < -0.39 is 11.4 Å². The first-order valence-electron chi connectivity index (χ1n) is 9.28. The molecule has 3 aromatic rings. The lowest BCUT2D eigenvalue weighted by atomic mass is 9.85. The van der Waals surface area contributed by atoms with E-state index in [-0.39, 0.29) is 36.1 Å². The van der Waals surface area contributed by atoms with Crippen LogP contribution in [0.3, 0.4) is 0 Å². The maximum absolute atomic E-state index is 14.6. The molecule has 3 N–H and O–H groups in total. The van der Waals surface area contributed by atoms with Gasteiger partial charge in [-0.05, 0) is 36.8 Å². The Morgan fingerprint density at radius 1 is 1.28 bits per heavy atom. The Bertz CT molecular complexity index is 1130. The van der Waals surface area contributed by atoms with E-state index in [1.165, 1.54) is 18.0 Å². The van der Waals surface area contributed by atoms with Crippen LogP contribution >= 0.6 is 0 Å². The number of fused-ring (bicyclic) bond motifs is 1. The number of rotatable bonds is 4. The van der Waals surface area contributed by atoms with Gasteiger partial charge in [-0.1, -0.05) is 24.3 Å². The number of para-hydroxylation sites is 1. The summed E-state index contributed by atoms with van der Waals surface area (Å²) < 4.78 is 14.6. The predicted molar refractivity (Wildman–Crippen MR) is 109 cm³/mol. The summed E-state index contributed by atoms with van der Waals surface area (Å²) in [6, 6.07) is 13.9. The summed E-state index contributed by atoms with van der Waals surface area (Å²) in [5, 5.41) is 0.956. The molecule has 0 aliphatic carbocycles. The molecule has 0 bridgehead atoms. The van der Waals surface area contributed by atoms with Gasteiger partial charge in [0.1, 0.15) is 5.82 Å². The van der Waals surface area contributed by atoms with Gasteiger partial charge in [0.25, 0.3) is 0 Å². The highest BCUT2D eigenvalue weighted by Crippen LogP contribution is 2.35. The van der Waals surface area contributed by atoms with Crippen LogP contribution in [0, 0.1) is 5.82 Å². The maximum atomic E-state index is 14.6. The van der Waals surface area contributed by atoms with Gasteiger partial charge >= 0.3 is 0 Å². The first-order valence-corrected chi connectivity index (χ1v) is 9.28. The summed E-state index contributed by atoms with van der Waals surface area (Å²) >= 11 is 0. The van der Waals surface area contributed by atoms with Crippen LogP contribution in [0.15, 0.2) is 53.5 Å². The second kappa shape index (κ2) is 6.84. The number of hydrogen-bond acceptors (Lipinski definition) is 4. The van der Waals surface area contributed by atoms with E-state index in [1.807, 2.05) is 30.3 Å². The number of hydrogen-bond donors (Lipinski definition) is 2. The minimum absolute atomic E-state index is 0.000533. The Labute approximate surface area is 167 Å². The molecule has 0 saturated heterocycles. The quantitative estimate of drug-likeness (QED) is 0.668. The Hall–Kier alpha value is -3.48. The van der Waals surface area contributed by atoms with E-state index in [4.69, 9.17) is 5.73 Å². The fourth-order valence-corrected chi connectivity index (χ4v) is 3.66. The molecule has 4 rings (SSSR count). The Balaban J connectivity index is 1.65. The van der Waals surface area contributed by atoms with Crippen molar-refractivity contribution in [3.8, 4) is 0 Å². The molecule has 1 unspecified atom stereocenters. The summed E-state index contributed by atoms with van der Waals surface area (Å²) in [6.45, 7) is 1.67. The van der Waals surface area contributed by atoms with Crippen molar-refractivity contribution >= 4 is 28.6 Å². The molecule has 1 aliphatic heterocycles. The first-order chi connectivity index (χ1) is 13.8. The monoisotopic (exact) mass is 392 g/mol. The standard InChI is InChI=1S/C22H21FN4O2/c1-22(12-20(29)27(2)21(24)26-22)15-9-13(7-8-16(15)23)10-19(28)18-11-14-5-3-4-6-17(14)25-18/h3-9,11,25H,10,12H2,1-2H3,(H2,24,26). The van der Waals surface area contributed by atoms with Gasteiger partial charge < -0.3 is 10.7 Å². The first kappa shape index (κ1) is 18.9. The van der Waals surface area contributed by atoms with Gasteiger partial charge in [0, 0.05) is 29.9 Å². The number of guanidine groups is 1. The van der Waals surface area contributed by atoms with Crippen molar-refractivity contribution in [1.82, 2.24) is 9.88 Å². The van der Waals surface area contributed by atoms with Crippen molar-refractivity contribution in [3.63, 3.8) is 0 Å². The molecule has 0 saturated carbocycles. The minimum Gasteiger partial charge on any atom is -0.369 e. The number of H-pyrrole nitrogens is 1. The normalized spacial score (nSPS) is 19.5. The number of Topliss-reactive ketones (excluding diaryl/α,β-unsaturated/α-hetero) is 1. The smallest absolute Gasteiger partial charge is 0.231 e. The van der Waals surface area contributed by atoms with E-state index >= 15 is 0 Å². The number of carbonyl (C=O) groups excluding carboxylic acids is 2. The molecule has 1 amide bonds. The Kier molecular flexibility index (Phi) is 4.45. The third-order valence-electron chi connectivity index (χ3n) is 5.38. The number of ketones is 1. The number of benzene rings is 2. The highest BCUT2D eigenvalue weighted by atomic mass is 19.1. The number of amides is 1. The number of nitrogens with zero attached hydrogens (tertiary/aromatic N) is 2. The van der Waals surface area contributed by atoms with E-state index in [2.05, 4.69) is 9.98 Å². The SMILES string of the molecule is CN1C(=O)CC(C)(c2cc(CC(=O)c3cc4ccccc4[nH]3)ccc2F)N=C1N. The molecule has 2 heterocycles. The summed E-state index contributed by atoms with van der Waals surface area (Å²) in [4.78, 5) is 33.7. The molecular formula is C22H21FN4O2. The van der Waals surface area contributed by atoms with Crippen LogP contribution in [-0.4, -0.2) is 34.6 Å². The summed E-state index contributed by atoms with van der Waals surface area (Å²) in [5.74, 6) is -0.781. The Morgan fingerprint density at radius 3 is 2.76 bits per heavy atom. The molecule has 0 radical (unpaired) electrons. The molecule has 0 fully saturated rings. The van der Waals surface area contributed by atoms with Crippen molar-refractivity contribution in [2.45, 2.75) is 25.3 Å². The zero-order valence-corrected chi connectivity index (χ0v) is 16.2. The van der Waals surface area contributed by atoms with Gasteiger partial charge in [-0.15, -0.1) is 0 Å². The fourth-order valence-electron chi connectivity index (χ4n) is 3.66. The van der Waals surface area contributed by atoms with Crippen LogP contribution in [0.2, 0.25) is 0 Å². The van der Waals surface area contributed by atoms with Crippen LogP contribution in [0.5, 0.6) is 0 Å². The third kappa shape index (κ3) is 3.40. The highest BCUT2D eigenvalue weighted by Gasteiger charge is 2.38. The van der Waals surface area contributed by atoms with Gasteiger partial charge in [0.05, 0.1) is 17.7 Å². The van der Waals surface area contributed by atoms with E-state index in [0.717, 1.165) is 10.9 Å². The number of nitrogens with two attached hydrogens (primary N) is 1. The lowest BCUT2D eigenvalue weighted by Gasteiger charge is -2.34. The fraction of sp³-hybridized carbons (Fsp3) is 0.227. The van der Waals surface area contributed by atoms with E-state index in [0.29, 0.717) is 11.3 Å². The van der Waals surface area contributed by atoms with Crippen molar-refractivity contribution < 1.29 is 14.0 Å². The number of aromatic amines is 1. The van der Waals surface area contributed by atoms with E-state index in [1.54, 1.807) is 19.1 Å². The van der Waals surface area contributed by atoms with E-state index in [9.17, 15) is 14.0 Å². The molecule has 1 aromatic heterocycles. The number of halogens is 1. The zero-order chi connectivity index (χ0) is 20.8. The van der Waals surface area contributed by atoms with Crippen LogP contribution in [0.1, 0.15) is 35.0 Å². The molecule has 7 heteroatoms. The van der Waals surface area contributed by atoms with Crippen LogP contribution in [0.25, 0.3) is 10.9 Å². The second-order valence-corrected chi connectivity index (χ2v) is 7.56. The lowest BCUT2D eigenvalue weighted by Crippen LogP contribution is -2.47. The van der Waals surface area contributed by atoms with Crippen LogP contribution in [-0.2, 0) is 16.8 Å². The number of aromatic nitrogens is 1. The average molecular weight is 392 g/mol. The summed E-state index contributed by atoms with van der Waals surface area (Å²) in [5.41, 5.74) is 7.01. The molecule has 2 aromatic carbocycles. The van der Waals surface area contributed by atoms with Gasteiger partial charge in [-0.3, -0.25) is 14.5 Å². The zero-order valence-electron chi connectivity index (χ0n) is 16.2. The molecule has 1 aliphatic rings.